The summed E-state index contributed by atoms with van der Waals surface area (Å²) in [6, 6.07) is 8.99. The highest BCUT2D eigenvalue weighted by atomic mass is 16.2. The van der Waals surface area contributed by atoms with Crippen molar-refractivity contribution < 1.29 is 19.2 Å². The Balaban J connectivity index is 1.33. The number of H-pyrrole nitrogens is 1. The number of hydrogen-bond donors (Lipinski definition) is 2. The van der Waals surface area contributed by atoms with Gasteiger partial charge in [-0.15, -0.1) is 0 Å². The lowest BCUT2D eigenvalue weighted by atomic mass is 10.0. The van der Waals surface area contributed by atoms with Gasteiger partial charge < -0.3 is 20.1 Å². The average Bonchev–Trinajstić information content (AvgIpc) is 3.42. The molecular weight excluding hydrogens is 522 g/mol. The molecule has 1 saturated heterocycles. The molecule has 0 saturated carbocycles. The van der Waals surface area contributed by atoms with Crippen molar-refractivity contribution in [2.75, 3.05) is 26.2 Å². The van der Waals surface area contributed by atoms with E-state index in [0.29, 0.717) is 46.5 Å². The lowest BCUT2D eigenvalue weighted by Gasteiger charge is -2.34. The van der Waals surface area contributed by atoms with E-state index in [0.717, 1.165) is 0 Å². The molecule has 0 bridgehead atoms. The van der Waals surface area contributed by atoms with Crippen LogP contribution < -0.4 is 5.32 Å². The van der Waals surface area contributed by atoms with Crippen molar-refractivity contribution in [2.45, 2.75) is 33.2 Å². The predicted octanol–water partition coefficient (Wildman–Crippen LogP) is 3.02. The Labute approximate surface area is 237 Å². The van der Waals surface area contributed by atoms with Gasteiger partial charge in [0.05, 0.1) is 23.5 Å². The molecule has 3 amide bonds. The topological polar surface area (TPSA) is 141 Å². The Morgan fingerprint density at radius 3 is 2.20 bits per heavy atom. The number of rotatable bonds is 5. The summed E-state index contributed by atoms with van der Waals surface area (Å²) in [6.45, 7) is 8.66. The van der Waals surface area contributed by atoms with Crippen molar-refractivity contribution >= 4 is 34.4 Å². The number of aryl methyl sites for hydroxylation is 1. The Hall–Kier alpha value is -4.93. The quantitative estimate of drug-likeness (QED) is 0.286. The summed E-state index contributed by atoms with van der Waals surface area (Å²) in [5.74, 6) is -1.69. The molecule has 0 radical (unpaired) electrons. The number of carbonyl (C=O) groups excluding carboxylic acids is 4. The molecule has 41 heavy (non-hydrogen) atoms. The van der Waals surface area contributed by atoms with Crippen LogP contribution in [0.1, 0.15) is 57.5 Å². The van der Waals surface area contributed by atoms with Crippen molar-refractivity contribution in [1.82, 2.24) is 35.1 Å². The number of hydrogen-bond acceptors (Lipinski definition) is 7. The Morgan fingerprint density at radius 2 is 1.56 bits per heavy atom. The van der Waals surface area contributed by atoms with Crippen LogP contribution in [0.3, 0.4) is 0 Å². The van der Waals surface area contributed by atoms with Crippen molar-refractivity contribution in [1.29, 1.82) is 0 Å². The number of benzene rings is 1. The summed E-state index contributed by atoms with van der Waals surface area (Å²) in [5, 5.41) is 3.42. The standard InChI is InChI=1S/C30H31N7O4/c1-18-14-33-24(21-16-32-22(17-31-21)27(39)35-30(2,3)4)25-23(18)20(15-34-25)26(38)29(41)37-12-10-36(11-13-37)28(40)19-8-6-5-7-9-19/h5-9,14-17,34H,10-13H2,1-4H3,(H,35,39). The first-order chi connectivity index (χ1) is 19.5. The van der Waals surface area contributed by atoms with E-state index in [4.69, 9.17) is 0 Å². The van der Waals surface area contributed by atoms with Gasteiger partial charge in [-0.25, -0.2) is 4.98 Å². The number of pyridine rings is 1. The van der Waals surface area contributed by atoms with Crippen LogP contribution in [0.25, 0.3) is 22.3 Å². The maximum Gasteiger partial charge on any atom is 0.295 e. The van der Waals surface area contributed by atoms with Gasteiger partial charge in [0.15, 0.2) is 0 Å². The third kappa shape index (κ3) is 5.69. The minimum Gasteiger partial charge on any atom is -0.359 e. The summed E-state index contributed by atoms with van der Waals surface area (Å²) in [5.41, 5.74) is 2.70. The number of nitrogens with zero attached hydrogens (tertiary/aromatic N) is 5. The highest BCUT2D eigenvalue weighted by Crippen LogP contribution is 2.30. The molecule has 2 N–H and O–H groups in total. The summed E-state index contributed by atoms with van der Waals surface area (Å²) in [7, 11) is 0. The van der Waals surface area contributed by atoms with E-state index >= 15 is 0 Å². The molecule has 3 aromatic heterocycles. The fourth-order valence-corrected chi connectivity index (χ4v) is 4.79. The van der Waals surface area contributed by atoms with Crippen LogP contribution in [0.5, 0.6) is 0 Å². The number of piperazine rings is 1. The van der Waals surface area contributed by atoms with E-state index in [1.54, 1.807) is 23.2 Å². The largest absolute Gasteiger partial charge is 0.359 e. The molecule has 11 nitrogen and oxygen atoms in total. The fourth-order valence-electron chi connectivity index (χ4n) is 4.79. The van der Waals surface area contributed by atoms with E-state index in [1.807, 2.05) is 45.9 Å². The molecule has 0 atom stereocenters. The average molecular weight is 554 g/mol. The van der Waals surface area contributed by atoms with Crippen LogP contribution in [0.2, 0.25) is 0 Å². The SMILES string of the molecule is Cc1cnc(-c2cnc(C(=O)NC(C)(C)C)cn2)c2[nH]cc(C(=O)C(=O)N3CCN(C(=O)c4ccccc4)CC3)c12. The van der Waals surface area contributed by atoms with Gasteiger partial charge in [-0.3, -0.25) is 29.1 Å². The van der Waals surface area contributed by atoms with Crippen LogP contribution in [-0.4, -0.2) is 85.0 Å². The smallest absolute Gasteiger partial charge is 0.295 e. The van der Waals surface area contributed by atoms with E-state index in [9.17, 15) is 19.2 Å². The molecule has 4 heterocycles. The van der Waals surface area contributed by atoms with Gasteiger partial charge in [0.25, 0.3) is 23.5 Å². The van der Waals surface area contributed by atoms with Gasteiger partial charge >= 0.3 is 0 Å². The number of amides is 3. The van der Waals surface area contributed by atoms with Crippen LogP contribution in [0.4, 0.5) is 0 Å². The van der Waals surface area contributed by atoms with Crippen molar-refractivity contribution in [3.05, 3.63) is 77.5 Å². The Bertz CT molecular complexity index is 1630. The zero-order valence-electron chi connectivity index (χ0n) is 23.4. The zero-order valence-corrected chi connectivity index (χ0v) is 23.4. The number of carbonyl (C=O) groups is 4. The Kier molecular flexibility index (Phi) is 7.36. The van der Waals surface area contributed by atoms with Gasteiger partial charge in [-0.2, -0.15) is 0 Å². The first-order valence-electron chi connectivity index (χ1n) is 13.3. The number of fused-ring (bicyclic) bond motifs is 1. The van der Waals surface area contributed by atoms with Crippen LogP contribution >= 0.6 is 0 Å². The molecule has 4 aromatic rings. The first-order valence-corrected chi connectivity index (χ1v) is 13.3. The number of aromatic amines is 1. The Morgan fingerprint density at radius 1 is 0.878 bits per heavy atom. The number of nitrogens with one attached hydrogen (secondary N) is 2. The minimum absolute atomic E-state index is 0.0951. The third-order valence-corrected chi connectivity index (χ3v) is 6.83. The van der Waals surface area contributed by atoms with Crippen molar-refractivity contribution in [2.24, 2.45) is 0 Å². The second-order valence-corrected chi connectivity index (χ2v) is 11.0. The molecule has 1 aliphatic heterocycles. The fraction of sp³-hybridized carbons (Fsp3) is 0.300. The normalized spacial score (nSPS) is 13.8. The number of aromatic nitrogens is 4. The van der Waals surface area contributed by atoms with Crippen molar-refractivity contribution in [3.8, 4) is 11.4 Å². The molecule has 5 rings (SSSR count). The summed E-state index contributed by atoms with van der Waals surface area (Å²) >= 11 is 0. The summed E-state index contributed by atoms with van der Waals surface area (Å²) < 4.78 is 0. The maximum atomic E-state index is 13.4. The lowest BCUT2D eigenvalue weighted by molar-refractivity contribution is -0.127. The molecule has 11 heteroatoms. The van der Waals surface area contributed by atoms with Crippen molar-refractivity contribution in [3.63, 3.8) is 0 Å². The second kappa shape index (κ2) is 10.9. The molecule has 0 unspecified atom stereocenters. The third-order valence-electron chi connectivity index (χ3n) is 6.83. The summed E-state index contributed by atoms with van der Waals surface area (Å²) in [6.07, 6.45) is 5.96. The first kappa shape index (κ1) is 27.6. The molecule has 1 aromatic carbocycles. The van der Waals surface area contributed by atoms with Gasteiger partial charge in [-0.05, 0) is 45.4 Å². The predicted molar refractivity (Wildman–Crippen MR) is 152 cm³/mol. The maximum absolute atomic E-state index is 13.4. The number of Topliss-reactive ketones (excluding diaryl/α,β-unsaturated/α-hetero) is 1. The van der Waals surface area contributed by atoms with Gasteiger partial charge in [0.2, 0.25) is 0 Å². The van der Waals surface area contributed by atoms with Gasteiger partial charge in [0, 0.05) is 55.1 Å². The van der Waals surface area contributed by atoms with E-state index in [1.165, 1.54) is 23.5 Å². The second-order valence-electron chi connectivity index (χ2n) is 11.0. The number of ketones is 1. The van der Waals surface area contributed by atoms with E-state index in [2.05, 4.69) is 25.3 Å². The molecule has 1 aliphatic rings. The van der Waals surface area contributed by atoms with Gasteiger partial charge in [0.1, 0.15) is 17.1 Å². The summed E-state index contributed by atoms with van der Waals surface area (Å²) in [4.78, 5) is 71.2. The molecule has 0 spiro atoms. The van der Waals surface area contributed by atoms with Crippen LogP contribution in [-0.2, 0) is 4.79 Å². The molecule has 210 valence electrons. The monoisotopic (exact) mass is 553 g/mol. The lowest BCUT2D eigenvalue weighted by Crippen LogP contribution is -2.52. The zero-order chi connectivity index (χ0) is 29.3. The molecule has 1 fully saturated rings. The van der Waals surface area contributed by atoms with Crippen LogP contribution in [0, 0.1) is 6.92 Å². The van der Waals surface area contributed by atoms with E-state index in [-0.39, 0.29) is 36.2 Å². The van der Waals surface area contributed by atoms with Crippen LogP contribution in [0.15, 0.2) is 55.1 Å². The molecular formula is C30H31N7O4. The highest BCUT2D eigenvalue weighted by molar-refractivity contribution is 6.45. The molecule has 0 aliphatic carbocycles. The van der Waals surface area contributed by atoms with Gasteiger partial charge in [-0.1, -0.05) is 18.2 Å². The van der Waals surface area contributed by atoms with E-state index < -0.39 is 17.2 Å². The minimum atomic E-state index is -0.639. The highest BCUT2D eigenvalue weighted by Gasteiger charge is 2.31.